The van der Waals surface area contributed by atoms with E-state index in [0.29, 0.717) is 18.5 Å². The lowest BCUT2D eigenvalue weighted by atomic mass is 9.79. The van der Waals surface area contributed by atoms with Crippen molar-refractivity contribution in [3.05, 3.63) is 64.9 Å². The Morgan fingerprint density at radius 2 is 1.77 bits per heavy atom. The van der Waals surface area contributed by atoms with Gasteiger partial charge < -0.3 is 5.11 Å². The van der Waals surface area contributed by atoms with Crippen LogP contribution in [0.5, 0.6) is 0 Å². The van der Waals surface area contributed by atoms with Crippen molar-refractivity contribution in [3.8, 4) is 0 Å². The number of aliphatic hydroxyl groups excluding tert-OH is 1. The van der Waals surface area contributed by atoms with Crippen LogP contribution in [0.4, 0.5) is 17.6 Å². The number of nitrogens with zero attached hydrogens (tertiary/aromatic N) is 4. The lowest BCUT2D eigenvalue weighted by Gasteiger charge is -2.40. The molecule has 12 heteroatoms. The lowest BCUT2D eigenvalue weighted by Crippen LogP contribution is -2.48. The maximum Gasteiger partial charge on any atom is 0.408 e. The minimum Gasteiger partial charge on any atom is -0.378 e. The SMILES string of the molecule is CC1(C)C[C@H](c2ccc([C@@H](N3CCC4(CCS(=O)(=O)CC4)C3O)C(F)(F)F)cc2)c2cnc3cc(F)nn3c21. The molecule has 3 aromatic rings. The van der Waals surface area contributed by atoms with Gasteiger partial charge in [0, 0.05) is 41.1 Å². The van der Waals surface area contributed by atoms with Crippen LogP contribution in [0.15, 0.2) is 36.5 Å². The number of fused-ring (bicyclic) bond motifs is 3. The van der Waals surface area contributed by atoms with Gasteiger partial charge in [0.05, 0.1) is 17.2 Å². The van der Waals surface area contributed by atoms with E-state index in [9.17, 15) is 31.1 Å². The first kappa shape index (κ1) is 26.6. The molecule has 7 nitrogen and oxygen atoms in total. The van der Waals surface area contributed by atoms with E-state index in [4.69, 9.17) is 0 Å². The summed E-state index contributed by atoms with van der Waals surface area (Å²) in [5.41, 5.74) is 1.72. The molecule has 2 saturated heterocycles. The Kier molecular flexibility index (Phi) is 5.95. The highest BCUT2D eigenvalue weighted by molar-refractivity contribution is 7.91. The van der Waals surface area contributed by atoms with Gasteiger partial charge in [0.2, 0.25) is 5.95 Å². The molecule has 4 heterocycles. The van der Waals surface area contributed by atoms with Crippen LogP contribution in [0.3, 0.4) is 0 Å². The average Bonchev–Trinajstić information content (AvgIpc) is 3.47. The second kappa shape index (κ2) is 8.71. The quantitative estimate of drug-likeness (QED) is 0.470. The largest absolute Gasteiger partial charge is 0.408 e. The molecule has 0 bridgehead atoms. The summed E-state index contributed by atoms with van der Waals surface area (Å²) in [4.78, 5) is 5.42. The Balaban J connectivity index is 1.31. The number of sulfone groups is 1. The fraction of sp³-hybridized carbons (Fsp3) is 0.556. The van der Waals surface area contributed by atoms with Crippen LogP contribution in [0.1, 0.15) is 73.9 Å². The van der Waals surface area contributed by atoms with E-state index < -0.39 is 39.6 Å². The van der Waals surface area contributed by atoms with E-state index in [0.717, 1.165) is 21.7 Å². The number of likely N-dealkylation sites (tertiary alicyclic amines) is 1. The van der Waals surface area contributed by atoms with Crippen LogP contribution < -0.4 is 0 Å². The van der Waals surface area contributed by atoms with Crippen LogP contribution in [0, 0.1) is 11.4 Å². The van der Waals surface area contributed by atoms with Crippen molar-refractivity contribution in [1.82, 2.24) is 19.5 Å². The summed E-state index contributed by atoms with van der Waals surface area (Å²) < 4.78 is 82.6. The Labute approximate surface area is 223 Å². The van der Waals surface area contributed by atoms with E-state index in [1.165, 1.54) is 22.7 Å². The Hall–Kier alpha value is -2.57. The maximum absolute atomic E-state index is 14.5. The fourth-order valence-electron chi connectivity index (χ4n) is 7.02. The number of alkyl halides is 3. The van der Waals surface area contributed by atoms with Crippen LogP contribution in [-0.4, -0.2) is 63.5 Å². The lowest BCUT2D eigenvalue weighted by molar-refractivity contribution is -0.210. The Bertz CT molecular complexity index is 1520. The number of benzene rings is 1. The van der Waals surface area contributed by atoms with Crippen molar-refractivity contribution in [2.24, 2.45) is 5.41 Å². The first-order valence-corrected chi connectivity index (χ1v) is 14.9. The fourth-order valence-corrected chi connectivity index (χ4v) is 8.66. The van der Waals surface area contributed by atoms with Gasteiger partial charge in [0.15, 0.2) is 5.65 Å². The van der Waals surface area contributed by atoms with E-state index in [2.05, 4.69) is 10.1 Å². The van der Waals surface area contributed by atoms with Gasteiger partial charge in [-0.15, -0.1) is 5.10 Å². The van der Waals surface area contributed by atoms with Crippen molar-refractivity contribution < 1.29 is 31.1 Å². The third kappa shape index (κ3) is 4.35. The molecule has 3 aliphatic rings. The zero-order valence-electron chi connectivity index (χ0n) is 21.6. The highest BCUT2D eigenvalue weighted by Gasteiger charge is 2.56. The molecule has 1 aliphatic carbocycles. The number of rotatable bonds is 3. The van der Waals surface area contributed by atoms with E-state index in [-0.39, 0.29) is 47.8 Å². The van der Waals surface area contributed by atoms with Crippen LogP contribution in [0.2, 0.25) is 0 Å². The van der Waals surface area contributed by atoms with E-state index in [1.54, 1.807) is 18.3 Å². The second-order valence-electron chi connectivity index (χ2n) is 11.9. The summed E-state index contributed by atoms with van der Waals surface area (Å²) >= 11 is 0. The highest BCUT2D eigenvalue weighted by atomic mass is 32.2. The molecule has 3 atom stereocenters. The smallest absolute Gasteiger partial charge is 0.378 e. The molecule has 1 unspecified atom stereocenters. The number of aromatic nitrogens is 3. The summed E-state index contributed by atoms with van der Waals surface area (Å²) in [5.74, 6) is -1.01. The molecule has 1 aromatic carbocycles. The van der Waals surface area contributed by atoms with Gasteiger partial charge in [-0.3, -0.25) is 4.90 Å². The molecular formula is C27H30F4N4O3S. The molecule has 6 rings (SSSR count). The first-order valence-electron chi connectivity index (χ1n) is 13.1. The molecular weight excluding hydrogens is 536 g/mol. The normalized spacial score (nSPS) is 26.7. The molecule has 210 valence electrons. The summed E-state index contributed by atoms with van der Waals surface area (Å²) in [6.07, 6.45) is -3.03. The average molecular weight is 567 g/mol. The van der Waals surface area contributed by atoms with Crippen molar-refractivity contribution in [3.63, 3.8) is 0 Å². The van der Waals surface area contributed by atoms with Gasteiger partial charge in [0.1, 0.15) is 22.1 Å². The summed E-state index contributed by atoms with van der Waals surface area (Å²) in [6.45, 7) is 4.08. The van der Waals surface area contributed by atoms with Crippen LogP contribution >= 0.6 is 0 Å². The molecule has 1 N–H and O–H groups in total. The Morgan fingerprint density at radius 3 is 2.41 bits per heavy atom. The molecule has 0 radical (unpaired) electrons. The number of hydrogen-bond donors (Lipinski definition) is 1. The number of halogens is 4. The predicted molar refractivity (Wildman–Crippen MR) is 135 cm³/mol. The molecule has 2 aliphatic heterocycles. The van der Waals surface area contributed by atoms with Crippen molar-refractivity contribution in [2.75, 3.05) is 18.1 Å². The predicted octanol–water partition coefficient (Wildman–Crippen LogP) is 4.50. The minimum atomic E-state index is -4.64. The monoisotopic (exact) mass is 566 g/mol. The molecule has 39 heavy (non-hydrogen) atoms. The summed E-state index contributed by atoms with van der Waals surface area (Å²) in [7, 11) is -3.22. The van der Waals surface area contributed by atoms with E-state index in [1.807, 2.05) is 13.8 Å². The van der Waals surface area contributed by atoms with Crippen molar-refractivity contribution in [1.29, 1.82) is 0 Å². The van der Waals surface area contributed by atoms with Gasteiger partial charge in [-0.25, -0.2) is 17.9 Å². The standard InChI is InChI=1S/C27H30F4N4O3S/c1-25(2)14-18(19-15-32-21-13-20(28)33-35(21)23(19)25)16-3-5-17(6-4-16)22(27(29,30)31)34-10-7-26(24(34)36)8-11-39(37,38)12-9-26/h3-6,13,15,18,22,24,36H,7-12,14H2,1-2H3/t18-,22-,24?/m1/s1. The van der Waals surface area contributed by atoms with Crippen molar-refractivity contribution in [2.45, 2.75) is 69.3 Å². The zero-order chi connectivity index (χ0) is 28.0. The molecule has 0 amide bonds. The Morgan fingerprint density at radius 1 is 1.10 bits per heavy atom. The minimum absolute atomic E-state index is 0.0194. The van der Waals surface area contributed by atoms with Gasteiger partial charge in [0.25, 0.3) is 0 Å². The van der Waals surface area contributed by atoms with Gasteiger partial charge in [-0.1, -0.05) is 38.1 Å². The van der Waals surface area contributed by atoms with E-state index >= 15 is 0 Å². The van der Waals surface area contributed by atoms with Crippen molar-refractivity contribution >= 4 is 15.5 Å². The second-order valence-corrected chi connectivity index (χ2v) is 14.2. The molecule has 0 saturated carbocycles. The van der Waals surface area contributed by atoms with Gasteiger partial charge in [-0.2, -0.15) is 17.6 Å². The third-order valence-corrected chi connectivity index (χ3v) is 10.7. The topological polar surface area (TPSA) is 87.8 Å². The third-order valence-electron chi connectivity index (χ3n) is 9.06. The number of hydrogen-bond acceptors (Lipinski definition) is 6. The summed E-state index contributed by atoms with van der Waals surface area (Å²) in [5, 5.41) is 15.1. The highest BCUT2D eigenvalue weighted by Crippen LogP contribution is 2.52. The molecule has 2 fully saturated rings. The summed E-state index contributed by atoms with van der Waals surface area (Å²) in [6, 6.07) is 5.54. The maximum atomic E-state index is 14.5. The number of aliphatic hydroxyl groups is 1. The molecule has 2 aromatic heterocycles. The molecule has 1 spiro atoms. The first-order chi connectivity index (χ1) is 18.2. The van der Waals surface area contributed by atoms with Crippen LogP contribution in [-0.2, 0) is 15.3 Å². The van der Waals surface area contributed by atoms with Gasteiger partial charge >= 0.3 is 6.18 Å². The van der Waals surface area contributed by atoms with Gasteiger partial charge in [-0.05, 0) is 36.8 Å². The zero-order valence-corrected chi connectivity index (χ0v) is 22.4. The van der Waals surface area contributed by atoms with Crippen LogP contribution in [0.25, 0.3) is 5.65 Å².